The van der Waals surface area contributed by atoms with Gasteiger partial charge in [-0.15, -0.1) is 0 Å². The average Bonchev–Trinajstić information content (AvgIpc) is 2.67. The van der Waals surface area contributed by atoms with Gasteiger partial charge < -0.3 is 14.6 Å². The summed E-state index contributed by atoms with van der Waals surface area (Å²) in [5.41, 5.74) is -18.3. The standard InChI is InChI=1S/C23H26F12O4/c1-11(2)12(3)13-7-14(18(37,20(24,25)26)21(27,28)29)9-15(8-13)19(22(30,31)32,23(33,34)35)38-10-16(36)39-17(4,5)6/h7-9,11-12,37H,10H2,1-6H3. The van der Waals surface area contributed by atoms with Crippen LogP contribution in [0.5, 0.6) is 0 Å². The van der Waals surface area contributed by atoms with Crippen molar-refractivity contribution in [2.45, 2.75) is 89.0 Å². The van der Waals surface area contributed by atoms with E-state index in [1.807, 2.05) is 0 Å². The number of esters is 1. The summed E-state index contributed by atoms with van der Waals surface area (Å²) in [6.07, 6.45) is -26.4. The molecule has 1 aromatic carbocycles. The Morgan fingerprint density at radius 1 is 0.744 bits per heavy atom. The van der Waals surface area contributed by atoms with Crippen LogP contribution in [0, 0.1) is 5.92 Å². The SMILES string of the molecule is CC(C)C(C)c1cc(C(O)(C(F)(F)F)C(F)(F)F)cc(C(OCC(=O)OC(C)(C)C)(C(F)(F)F)C(F)(F)F)c1. The molecule has 0 aromatic heterocycles. The molecule has 0 radical (unpaired) electrons. The third-order valence-corrected chi connectivity index (χ3v) is 5.75. The Morgan fingerprint density at radius 3 is 1.49 bits per heavy atom. The zero-order chi connectivity index (χ0) is 31.2. The van der Waals surface area contributed by atoms with Crippen molar-refractivity contribution in [2.75, 3.05) is 6.61 Å². The molecule has 0 bridgehead atoms. The highest BCUT2D eigenvalue weighted by Gasteiger charge is 2.75. The Balaban J connectivity index is 4.21. The highest BCUT2D eigenvalue weighted by molar-refractivity contribution is 5.71. The predicted molar refractivity (Wildman–Crippen MR) is 111 cm³/mol. The molecule has 39 heavy (non-hydrogen) atoms. The molecule has 0 amide bonds. The fraction of sp³-hybridized carbons (Fsp3) is 0.696. The van der Waals surface area contributed by atoms with Crippen LogP contribution >= 0.6 is 0 Å². The number of carbonyl (C=O) groups excluding carboxylic acids is 1. The van der Waals surface area contributed by atoms with Crippen LogP contribution in [0.25, 0.3) is 0 Å². The second kappa shape index (κ2) is 10.6. The lowest BCUT2D eigenvalue weighted by molar-refractivity contribution is -0.388. The van der Waals surface area contributed by atoms with Gasteiger partial charge in [-0.05, 0) is 44.2 Å². The van der Waals surface area contributed by atoms with E-state index in [1.165, 1.54) is 34.6 Å². The van der Waals surface area contributed by atoms with Crippen LogP contribution in [-0.4, -0.2) is 48.0 Å². The molecule has 0 saturated carbocycles. The van der Waals surface area contributed by atoms with Gasteiger partial charge in [-0.1, -0.05) is 32.9 Å². The Bertz CT molecular complexity index is 986. The molecular formula is C23H26F12O4. The zero-order valence-electron chi connectivity index (χ0n) is 21.3. The van der Waals surface area contributed by atoms with Crippen LogP contribution in [0.4, 0.5) is 52.7 Å². The summed E-state index contributed by atoms with van der Waals surface area (Å²) >= 11 is 0. The van der Waals surface area contributed by atoms with Gasteiger partial charge in [0.25, 0.3) is 11.2 Å². The lowest BCUT2D eigenvalue weighted by atomic mass is 9.80. The monoisotopic (exact) mass is 594 g/mol. The average molecular weight is 594 g/mol. The maximum atomic E-state index is 14.2. The largest absolute Gasteiger partial charge is 0.458 e. The molecule has 0 aliphatic heterocycles. The lowest BCUT2D eigenvalue weighted by Crippen LogP contribution is -2.57. The Kier molecular flexibility index (Phi) is 9.49. The van der Waals surface area contributed by atoms with Gasteiger partial charge in [0, 0.05) is 11.1 Å². The van der Waals surface area contributed by atoms with Crippen LogP contribution in [0.3, 0.4) is 0 Å². The fourth-order valence-corrected chi connectivity index (χ4v) is 3.47. The number of benzene rings is 1. The first-order chi connectivity index (χ1) is 17.0. The summed E-state index contributed by atoms with van der Waals surface area (Å²) in [5.74, 6) is -3.67. The van der Waals surface area contributed by atoms with Crippen molar-refractivity contribution >= 4 is 5.97 Å². The van der Waals surface area contributed by atoms with E-state index in [4.69, 9.17) is 0 Å². The number of hydrogen-bond acceptors (Lipinski definition) is 4. The van der Waals surface area contributed by atoms with E-state index in [9.17, 15) is 62.6 Å². The zero-order valence-corrected chi connectivity index (χ0v) is 21.3. The van der Waals surface area contributed by atoms with Crippen LogP contribution in [0.2, 0.25) is 0 Å². The molecule has 0 spiro atoms. The smallest absolute Gasteiger partial charge is 0.430 e. The van der Waals surface area contributed by atoms with Crippen LogP contribution in [0.15, 0.2) is 18.2 Å². The Morgan fingerprint density at radius 2 is 1.15 bits per heavy atom. The molecule has 16 heteroatoms. The molecule has 1 N–H and O–H groups in total. The van der Waals surface area contributed by atoms with Crippen molar-refractivity contribution < 1.29 is 72.1 Å². The van der Waals surface area contributed by atoms with Gasteiger partial charge in [0.2, 0.25) is 0 Å². The summed E-state index contributed by atoms with van der Waals surface area (Å²) in [7, 11) is 0. The van der Waals surface area contributed by atoms with E-state index in [-0.39, 0.29) is 12.1 Å². The van der Waals surface area contributed by atoms with Crippen LogP contribution in [-0.2, 0) is 25.5 Å². The number of hydrogen-bond donors (Lipinski definition) is 1. The maximum Gasteiger partial charge on any atom is 0.430 e. The van der Waals surface area contributed by atoms with Crippen molar-refractivity contribution in [1.29, 1.82) is 0 Å². The summed E-state index contributed by atoms with van der Waals surface area (Å²) in [5, 5.41) is 9.81. The van der Waals surface area contributed by atoms with E-state index in [0.717, 1.165) is 6.92 Å². The van der Waals surface area contributed by atoms with E-state index < -0.39 is 88.7 Å². The van der Waals surface area contributed by atoms with Gasteiger partial charge in [0.05, 0.1) is 0 Å². The van der Waals surface area contributed by atoms with E-state index in [0.29, 0.717) is 0 Å². The highest BCUT2D eigenvalue weighted by Crippen LogP contribution is 2.56. The molecule has 226 valence electrons. The summed E-state index contributed by atoms with van der Waals surface area (Å²) in [4.78, 5) is 11.9. The van der Waals surface area contributed by atoms with Gasteiger partial charge in [0.15, 0.2) is 0 Å². The molecule has 1 unspecified atom stereocenters. The van der Waals surface area contributed by atoms with Crippen LogP contribution < -0.4 is 0 Å². The third-order valence-electron chi connectivity index (χ3n) is 5.75. The summed E-state index contributed by atoms with van der Waals surface area (Å²) < 4.78 is 175. The van der Waals surface area contributed by atoms with Gasteiger partial charge in [-0.25, -0.2) is 4.79 Å². The van der Waals surface area contributed by atoms with Gasteiger partial charge >= 0.3 is 30.7 Å². The topological polar surface area (TPSA) is 55.8 Å². The molecule has 1 aromatic rings. The molecule has 1 atom stereocenters. The molecule has 0 heterocycles. The van der Waals surface area contributed by atoms with Gasteiger partial charge in [-0.3, -0.25) is 0 Å². The molecule has 0 saturated heterocycles. The summed E-state index contributed by atoms with van der Waals surface area (Å²) in [6, 6.07) is -0.620. The van der Waals surface area contributed by atoms with Crippen molar-refractivity contribution in [2.24, 2.45) is 5.92 Å². The molecule has 1 rings (SSSR count). The first kappa shape index (κ1) is 34.8. The van der Waals surface area contributed by atoms with Crippen LogP contribution in [0.1, 0.15) is 64.2 Å². The summed E-state index contributed by atoms with van der Waals surface area (Å²) in [6.45, 7) is 5.40. The predicted octanol–water partition coefficient (Wildman–Crippen LogP) is 7.44. The number of carbonyl (C=O) groups is 1. The van der Waals surface area contributed by atoms with E-state index in [2.05, 4.69) is 9.47 Å². The molecule has 0 fully saturated rings. The first-order valence-corrected chi connectivity index (χ1v) is 11.0. The first-order valence-electron chi connectivity index (χ1n) is 11.0. The quantitative estimate of drug-likeness (QED) is 0.264. The molecule has 0 aliphatic rings. The van der Waals surface area contributed by atoms with E-state index >= 15 is 0 Å². The van der Waals surface area contributed by atoms with Crippen molar-refractivity contribution in [3.8, 4) is 0 Å². The third kappa shape index (κ3) is 6.92. The number of halogens is 12. The molecule has 4 nitrogen and oxygen atoms in total. The molecular weight excluding hydrogens is 568 g/mol. The van der Waals surface area contributed by atoms with Gasteiger partial charge in [0.1, 0.15) is 12.2 Å². The Labute approximate surface area is 215 Å². The molecule has 0 aliphatic carbocycles. The van der Waals surface area contributed by atoms with E-state index in [1.54, 1.807) is 0 Å². The number of ether oxygens (including phenoxy) is 2. The minimum absolute atomic E-state index is 0.0283. The maximum absolute atomic E-state index is 14.2. The highest BCUT2D eigenvalue weighted by atomic mass is 19.4. The number of alkyl halides is 12. The van der Waals surface area contributed by atoms with Crippen molar-refractivity contribution in [1.82, 2.24) is 0 Å². The minimum atomic E-state index is -6.63. The van der Waals surface area contributed by atoms with Crippen molar-refractivity contribution in [3.05, 3.63) is 34.9 Å². The fourth-order valence-electron chi connectivity index (χ4n) is 3.47. The Hall–Kier alpha value is -2.23. The second-order valence-electron chi connectivity index (χ2n) is 10.1. The number of aliphatic hydroxyl groups is 1. The normalized spacial score (nSPS) is 15.5. The minimum Gasteiger partial charge on any atom is -0.458 e. The number of rotatable bonds is 7. The van der Waals surface area contributed by atoms with Crippen molar-refractivity contribution in [3.63, 3.8) is 0 Å². The lowest BCUT2D eigenvalue weighted by Gasteiger charge is -2.39. The second-order valence-corrected chi connectivity index (χ2v) is 10.1. The van der Waals surface area contributed by atoms with Gasteiger partial charge in [-0.2, -0.15) is 52.7 Å².